The average molecular weight is 1060 g/mol. The number of phenols is 4. The maximum absolute atomic E-state index is 13.1. The van der Waals surface area contributed by atoms with Crippen molar-refractivity contribution in [3.63, 3.8) is 0 Å². The molecule has 0 aromatic heterocycles. The molecular formula is C51H52O25. The molecule has 15 atom stereocenters. The summed E-state index contributed by atoms with van der Waals surface area (Å²) >= 11 is 0. The van der Waals surface area contributed by atoms with E-state index in [0.29, 0.717) is 5.56 Å². The Morgan fingerprint density at radius 1 is 0.526 bits per heavy atom. The maximum atomic E-state index is 13.1. The molecule has 25 heteroatoms. The first-order valence-electron chi connectivity index (χ1n) is 23.2. The van der Waals surface area contributed by atoms with Crippen LogP contribution in [0.3, 0.4) is 0 Å². The molecule has 25 nitrogen and oxygen atoms in total. The van der Waals surface area contributed by atoms with Gasteiger partial charge < -0.3 is 109 Å². The van der Waals surface area contributed by atoms with Crippen molar-refractivity contribution >= 4 is 24.1 Å². The van der Waals surface area contributed by atoms with E-state index in [0.717, 1.165) is 30.4 Å². The second kappa shape index (κ2) is 23.8. The Morgan fingerprint density at radius 3 is 1.67 bits per heavy atom. The van der Waals surface area contributed by atoms with Crippen LogP contribution in [0.1, 0.15) is 11.1 Å². The number of ether oxygens (including phenoxy) is 8. The van der Waals surface area contributed by atoms with Crippen LogP contribution < -0.4 is 14.9 Å². The van der Waals surface area contributed by atoms with Crippen molar-refractivity contribution in [1.82, 2.24) is 0 Å². The van der Waals surface area contributed by atoms with E-state index in [9.17, 15) is 80.8 Å². The van der Waals surface area contributed by atoms with Gasteiger partial charge in [0.1, 0.15) is 103 Å². The summed E-state index contributed by atoms with van der Waals surface area (Å²) in [5.41, 5.74) is 0.134. The van der Waals surface area contributed by atoms with Crippen molar-refractivity contribution in [2.24, 2.45) is 0 Å². The molecule has 3 aromatic rings. The van der Waals surface area contributed by atoms with Crippen molar-refractivity contribution in [3.8, 4) is 57.1 Å². The molecular weight excluding hydrogens is 1010 g/mol. The Bertz CT molecular complexity index is 2890. The van der Waals surface area contributed by atoms with Gasteiger partial charge in [0.25, 0.3) is 0 Å². The van der Waals surface area contributed by atoms with Crippen molar-refractivity contribution in [3.05, 3.63) is 118 Å². The summed E-state index contributed by atoms with van der Waals surface area (Å²) in [7, 11) is 0. The Hall–Kier alpha value is -7.21. The lowest BCUT2D eigenvalue weighted by atomic mass is 9.97. The van der Waals surface area contributed by atoms with Crippen LogP contribution in [0.2, 0.25) is 0 Å². The van der Waals surface area contributed by atoms with E-state index in [4.69, 9.17) is 42.3 Å². The van der Waals surface area contributed by atoms with Gasteiger partial charge in [-0.1, -0.05) is 18.2 Å². The fourth-order valence-corrected chi connectivity index (χ4v) is 8.16. The monoisotopic (exact) mass is 1060 g/mol. The van der Waals surface area contributed by atoms with Crippen LogP contribution in [0.15, 0.2) is 106 Å². The number of benzene rings is 4. The number of hydrogen-bond donors (Lipinski definition) is 13. The third kappa shape index (κ3) is 12.5. The van der Waals surface area contributed by atoms with Crippen molar-refractivity contribution in [2.75, 3.05) is 19.8 Å². The zero-order valence-electron chi connectivity index (χ0n) is 39.4. The van der Waals surface area contributed by atoms with Crippen molar-refractivity contribution in [2.45, 2.75) is 92.1 Å². The minimum absolute atomic E-state index is 0.0222. The van der Waals surface area contributed by atoms with E-state index in [1.54, 1.807) is 0 Å². The highest BCUT2D eigenvalue weighted by Gasteiger charge is 2.52. The van der Waals surface area contributed by atoms with Crippen molar-refractivity contribution in [1.29, 1.82) is 0 Å². The van der Waals surface area contributed by atoms with E-state index in [1.165, 1.54) is 78.9 Å². The topological polar surface area (TPSA) is 401 Å². The highest BCUT2D eigenvalue weighted by molar-refractivity contribution is 5.87. The average Bonchev–Trinajstić information content (AvgIpc) is 3.41. The van der Waals surface area contributed by atoms with Crippen LogP contribution in [0.25, 0.3) is 34.8 Å². The number of carbonyl (C=O) groups is 2. The number of fused-ring (bicyclic) bond motifs is 1. The number of carbonyl (C=O) groups excluding carboxylic acids is 2. The quantitative estimate of drug-likeness (QED) is 0.0318. The Morgan fingerprint density at radius 2 is 1.05 bits per heavy atom. The minimum atomic E-state index is -2.13. The molecule has 13 N–H and O–H groups in total. The third-order valence-electron chi connectivity index (χ3n) is 12.4. The maximum Gasteiger partial charge on any atom is 0.330 e. The molecule has 76 heavy (non-hydrogen) atoms. The molecule has 0 saturated carbocycles. The van der Waals surface area contributed by atoms with Gasteiger partial charge in [0.05, 0.1) is 12.2 Å². The summed E-state index contributed by atoms with van der Waals surface area (Å²) in [6.45, 7) is -2.35. The van der Waals surface area contributed by atoms with E-state index >= 15 is 0 Å². The molecule has 0 spiro atoms. The SMILES string of the molecule is O=C(C=Cc1ccc(O)c(O)c1)OC[C@H]1O[C@@H](O[C@@H]2[C@H](Oc3cc4c(O[C@@H]5O[C@@H](CO)[C@@H](O)[C@H](O)[C@@H]5O)cc(=O)cc-4oc3-c3ccc(O)cc3)O[C@H](COC(=O)C=Cc3ccc(O)cc3)[C@@H](O)[C@@H]2O)[C@@H](O)[C@@H](O)[C@@H]1O. The molecule has 3 saturated heterocycles. The molecule has 0 bridgehead atoms. The fraction of sp³-hybridized carbons (Fsp3) is 0.353. The lowest BCUT2D eigenvalue weighted by Crippen LogP contribution is -2.65. The number of aliphatic hydroxyl groups excluding tert-OH is 9. The normalized spacial score (nSPS) is 29.8. The lowest BCUT2D eigenvalue weighted by Gasteiger charge is -2.46. The predicted octanol–water partition coefficient (Wildman–Crippen LogP) is -1.06. The minimum Gasteiger partial charge on any atom is -0.508 e. The highest BCUT2D eigenvalue weighted by atomic mass is 16.8. The van der Waals surface area contributed by atoms with Crippen LogP contribution >= 0.6 is 0 Å². The van der Waals surface area contributed by atoms with Gasteiger partial charge in [-0.3, -0.25) is 4.79 Å². The first kappa shape index (κ1) is 55.0. The number of aromatic hydroxyl groups is 4. The molecule has 0 radical (unpaired) electrons. The number of esters is 2. The molecule has 4 aliphatic heterocycles. The second-order valence-electron chi connectivity index (χ2n) is 17.7. The summed E-state index contributed by atoms with van der Waals surface area (Å²) in [5, 5.41) is 137. The molecule has 0 unspecified atom stereocenters. The van der Waals surface area contributed by atoms with Gasteiger partial charge >= 0.3 is 11.9 Å². The molecule has 1 aliphatic carbocycles. The van der Waals surface area contributed by atoms with Crippen LogP contribution in [-0.4, -0.2) is 190 Å². The summed E-state index contributed by atoms with van der Waals surface area (Å²) < 4.78 is 52.5. The Kier molecular flexibility index (Phi) is 17.2. The van der Waals surface area contributed by atoms with Gasteiger partial charge in [-0.05, 0) is 77.9 Å². The lowest BCUT2D eigenvalue weighted by molar-refractivity contribution is -0.358. The van der Waals surface area contributed by atoms with E-state index < -0.39 is 141 Å². The third-order valence-corrected chi connectivity index (χ3v) is 12.4. The Balaban J connectivity index is 1.12. The van der Waals surface area contributed by atoms with E-state index in [2.05, 4.69) is 0 Å². The zero-order valence-corrected chi connectivity index (χ0v) is 39.4. The summed E-state index contributed by atoms with van der Waals surface area (Å²) in [5.74, 6) is -4.17. The number of phenolic OH excluding ortho intramolecular Hbond substituents is 4. The van der Waals surface area contributed by atoms with Gasteiger partial charge in [0, 0.05) is 29.8 Å². The molecule has 0 amide bonds. The summed E-state index contributed by atoms with van der Waals surface area (Å²) in [6.07, 6.45) is -23.8. The van der Waals surface area contributed by atoms with Gasteiger partial charge in [0.15, 0.2) is 40.8 Å². The summed E-state index contributed by atoms with van der Waals surface area (Å²) in [4.78, 5) is 38.7. The Labute approximate surface area is 429 Å². The van der Waals surface area contributed by atoms with Crippen LogP contribution in [0.4, 0.5) is 0 Å². The first-order valence-corrected chi connectivity index (χ1v) is 23.2. The largest absolute Gasteiger partial charge is 0.508 e. The molecule has 8 rings (SSSR count). The highest BCUT2D eigenvalue weighted by Crippen LogP contribution is 2.43. The number of rotatable bonds is 16. The standard InChI is InChI=1S/C51H52O25/c52-19-34-39(60)42(63)45(66)49(73-34)71-32-17-27(55)16-31-28(32)18-33(47(70-31)24-6-10-26(54)11-7-24)72-51-48(44(65)41(62)36(75-51)21-69-37(58)13-4-22-1-8-25(53)9-2-22)76-50-46(67)43(64)40(61)35(74-50)20-68-38(59)14-5-23-3-12-29(56)30(57)15-23/h1-18,34-36,39-46,48-54,56-57,60-67H,19-21H2/t34-,35+,36+,39+,40+,41+,42-,43-,44-,45-,46-,48-,49+,50-,51+/m0/s1. The zero-order chi connectivity index (χ0) is 54.5. The van der Waals surface area contributed by atoms with E-state index in [1.807, 2.05) is 0 Å². The van der Waals surface area contributed by atoms with Gasteiger partial charge in [-0.15, -0.1) is 0 Å². The second-order valence-corrected chi connectivity index (χ2v) is 17.7. The van der Waals surface area contributed by atoms with Gasteiger partial charge in [-0.25, -0.2) is 9.59 Å². The number of aliphatic hydroxyl groups is 9. The fourth-order valence-electron chi connectivity index (χ4n) is 8.16. The number of hydrogen-bond acceptors (Lipinski definition) is 25. The first-order chi connectivity index (χ1) is 36.3. The van der Waals surface area contributed by atoms with Crippen LogP contribution in [0.5, 0.6) is 34.5 Å². The van der Waals surface area contributed by atoms with Gasteiger partial charge in [-0.2, -0.15) is 0 Å². The van der Waals surface area contributed by atoms with Gasteiger partial charge in [0.2, 0.25) is 12.6 Å². The smallest absolute Gasteiger partial charge is 0.330 e. The molecule has 4 heterocycles. The summed E-state index contributed by atoms with van der Waals surface area (Å²) in [6, 6.07) is 18.0. The predicted molar refractivity (Wildman–Crippen MR) is 254 cm³/mol. The molecule has 3 fully saturated rings. The van der Waals surface area contributed by atoms with Crippen LogP contribution in [0, 0.1) is 0 Å². The molecule has 3 aromatic carbocycles. The molecule has 406 valence electrons. The van der Waals surface area contributed by atoms with E-state index in [-0.39, 0.29) is 51.2 Å². The van der Waals surface area contributed by atoms with Crippen LogP contribution in [-0.2, 0) is 38.0 Å². The molecule has 5 aliphatic rings. The van der Waals surface area contributed by atoms with Crippen molar-refractivity contribution < 1.29 is 118 Å².